The zero-order valence-electron chi connectivity index (χ0n) is 9.98. The van der Waals surface area contributed by atoms with Crippen molar-refractivity contribution in [2.24, 2.45) is 0 Å². The van der Waals surface area contributed by atoms with Gasteiger partial charge in [-0.2, -0.15) is 4.98 Å². The lowest BCUT2D eigenvalue weighted by molar-refractivity contribution is 0.304. The van der Waals surface area contributed by atoms with Crippen molar-refractivity contribution in [3.8, 4) is 5.88 Å². The minimum absolute atomic E-state index is 0.371. The molecule has 1 heterocycles. The van der Waals surface area contributed by atoms with E-state index in [4.69, 9.17) is 4.74 Å². The van der Waals surface area contributed by atoms with Crippen LogP contribution < -0.4 is 9.64 Å². The fourth-order valence-electron chi connectivity index (χ4n) is 1.11. The largest absolute Gasteiger partial charge is 0.477 e. The van der Waals surface area contributed by atoms with E-state index in [0.29, 0.717) is 18.5 Å². The zero-order valence-corrected chi connectivity index (χ0v) is 11.6. The van der Waals surface area contributed by atoms with Gasteiger partial charge >= 0.3 is 0 Å². The predicted molar refractivity (Wildman–Crippen MR) is 69.5 cm³/mol. The van der Waals surface area contributed by atoms with E-state index in [1.54, 1.807) is 12.4 Å². The van der Waals surface area contributed by atoms with Crippen LogP contribution in [0.25, 0.3) is 0 Å². The molecule has 0 aliphatic carbocycles. The SMILES string of the molecule is CCCOc1cncc(N(C)C(C)CBr)n1. The summed E-state index contributed by atoms with van der Waals surface area (Å²) in [4.78, 5) is 10.6. The molecule has 0 bridgehead atoms. The molecule has 0 fully saturated rings. The van der Waals surface area contributed by atoms with Gasteiger partial charge in [-0.3, -0.25) is 4.98 Å². The van der Waals surface area contributed by atoms with Gasteiger partial charge in [0.25, 0.3) is 0 Å². The quantitative estimate of drug-likeness (QED) is 0.754. The maximum Gasteiger partial charge on any atom is 0.234 e. The van der Waals surface area contributed by atoms with Crippen molar-refractivity contribution in [1.82, 2.24) is 9.97 Å². The number of nitrogens with zero attached hydrogens (tertiary/aromatic N) is 3. The Hall–Kier alpha value is -0.840. The number of ether oxygens (including phenoxy) is 1. The molecule has 0 aliphatic rings. The van der Waals surface area contributed by atoms with E-state index in [9.17, 15) is 0 Å². The van der Waals surface area contributed by atoms with Crippen LogP contribution in [0, 0.1) is 0 Å². The summed E-state index contributed by atoms with van der Waals surface area (Å²) in [6.07, 6.45) is 4.36. The molecular weight excluding hydrogens is 270 g/mol. The highest BCUT2D eigenvalue weighted by atomic mass is 79.9. The molecule has 1 rings (SSSR count). The van der Waals surface area contributed by atoms with Crippen LogP contribution in [0.5, 0.6) is 5.88 Å². The monoisotopic (exact) mass is 287 g/mol. The first-order valence-electron chi connectivity index (χ1n) is 5.42. The molecule has 0 aliphatic heterocycles. The summed E-state index contributed by atoms with van der Waals surface area (Å²) in [5.74, 6) is 1.42. The number of rotatable bonds is 6. The highest BCUT2D eigenvalue weighted by Gasteiger charge is 2.10. The van der Waals surface area contributed by atoms with Crippen LogP contribution in [-0.2, 0) is 0 Å². The van der Waals surface area contributed by atoms with Crippen LogP contribution in [0.2, 0.25) is 0 Å². The zero-order chi connectivity index (χ0) is 12.0. The second-order valence-corrected chi connectivity index (χ2v) is 4.33. The van der Waals surface area contributed by atoms with Crippen molar-refractivity contribution >= 4 is 21.7 Å². The minimum Gasteiger partial charge on any atom is -0.477 e. The third-order valence-electron chi connectivity index (χ3n) is 2.30. The Kier molecular flexibility index (Phi) is 5.52. The average Bonchev–Trinajstić information content (AvgIpc) is 2.34. The number of hydrogen-bond donors (Lipinski definition) is 0. The smallest absolute Gasteiger partial charge is 0.234 e. The topological polar surface area (TPSA) is 38.2 Å². The van der Waals surface area contributed by atoms with Crippen molar-refractivity contribution in [3.63, 3.8) is 0 Å². The number of alkyl halides is 1. The molecule has 4 nitrogen and oxygen atoms in total. The number of halogens is 1. The predicted octanol–water partition coefficient (Wildman–Crippen LogP) is 2.49. The van der Waals surface area contributed by atoms with Crippen molar-refractivity contribution in [2.45, 2.75) is 26.3 Å². The molecule has 0 amide bonds. The first kappa shape index (κ1) is 13.2. The maximum atomic E-state index is 5.45. The molecule has 1 unspecified atom stereocenters. The summed E-state index contributed by atoms with van der Waals surface area (Å²) in [5, 5.41) is 0.894. The van der Waals surface area contributed by atoms with Gasteiger partial charge in [0.2, 0.25) is 5.88 Å². The van der Waals surface area contributed by atoms with Gasteiger partial charge in [-0.25, -0.2) is 0 Å². The van der Waals surface area contributed by atoms with Crippen LogP contribution in [0.1, 0.15) is 20.3 Å². The van der Waals surface area contributed by atoms with Crippen molar-refractivity contribution in [3.05, 3.63) is 12.4 Å². The van der Waals surface area contributed by atoms with E-state index in [0.717, 1.165) is 17.6 Å². The number of anilines is 1. The molecule has 1 aromatic rings. The van der Waals surface area contributed by atoms with Crippen LogP contribution >= 0.6 is 15.9 Å². The molecule has 1 aromatic heterocycles. The highest BCUT2D eigenvalue weighted by molar-refractivity contribution is 9.09. The minimum atomic E-state index is 0.371. The Morgan fingerprint density at radius 3 is 2.88 bits per heavy atom. The van der Waals surface area contributed by atoms with Gasteiger partial charge in [-0.15, -0.1) is 0 Å². The fraction of sp³-hybridized carbons (Fsp3) is 0.636. The number of aromatic nitrogens is 2. The molecule has 1 atom stereocenters. The van der Waals surface area contributed by atoms with Crippen LogP contribution in [-0.4, -0.2) is 35.0 Å². The van der Waals surface area contributed by atoms with E-state index in [-0.39, 0.29) is 0 Å². The van der Waals surface area contributed by atoms with Crippen molar-refractivity contribution < 1.29 is 4.74 Å². The maximum absolute atomic E-state index is 5.45. The summed E-state index contributed by atoms with van der Waals surface area (Å²) >= 11 is 3.45. The van der Waals surface area contributed by atoms with Gasteiger partial charge in [0.05, 0.1) is 19.0 Å². The Morgan fingerprint density at radius 1 is 1.50 bits per heavy atom. The molecule has 0 radical (unpaired) electrons. The third-order valence-corrected chi connectivity index (χ3v) is 3.24. The number of hydrogen-bond acceptors (Lipinski definition) is 4. The van der Waals surface area contributed by atoms with Gasteiger partial charge in [0.1, 0.15) is 0 Å². The van der Waals surface area contributed by atoms with E-state index < -0.39 is 0 Å². The molecule has 16 heavy (non-hydrogen) atoms. The lowest BCUT2D eigenvalue weighted by atomic mass is 10.3. The van der Waals surface area contributed by atoms with Crippen LogP contribution in [0.3, 0.4) is 0 Å². The standard InChI is InChI=1S/C11H18BrN3O/c1-4-5-16-11-8-13-7-10(14-11)15(3)9(2)6-12/h7-9H,4-6H2,1-3H3. The average molecular weight is 288 g/mol. The second kappa shape index (κ2) is 6.68. The lowest BCUT2D eigenvalue weighted by Gasteiger charge is -2.24. The van der Waals surface area contributed by atoms with Gasteiger partial charge in [0.15, 0.2) is 5.82 Å². The van der Waals surface area contributed by atoms with Gasteiger partial charge < -0.3 is 9.64 Å². The van der Waals surface area contributed by atoms with Gasteiger partial charge in [0, 0.05) is 18.4 Å². The highest BCUT2D eigenvalue weighted by Crippen LogP contribution is 2.15. The molecule has 0 saturated carbocycles. The Balaban J connectivity index is 2.73. The fourth-order valence-corrected chi connectivity index (χ4v) is 1.55. The normalized spacial score (nSPS) is 12.2. The van der Waals surface area contributed by atoms with E-state index in [2.05, 4.69) is 44.6 Å². The first-order chi connectivity index (χ1) is 7.69. The Morgan fingerprint density at radius 2 is 2.25 bits per heavy atom. The molecular formula is C11H18BrN3O. The van der Waals surface area contributed by atoms with E-state index in [1.807, 2.05) is 7.05 Å². The molecule has 0 N–H and O–H groups in total. The van der Waals surface area contributed by atoms with Gasteiger partial charge in [-0.05, 0) is 13.3 Å². The molecule has 90 valence electrons. The summed E-state index contributed by atoms with van der Waals surface area (Å²) in [7, 11) is 2.00. The van der Waals surface area contributed by atoms with E-state index >= 15 is 0 Å². The summed E-state index contributed by atoms with van der Waals surface area (Å²) in [6, 6.07) is 0.371. The molecule has 0 saturated heterocycles. The Labute approximate surface area is 105 Å². The molecule has 0 spiro atoms. The molecule has 5 heteroatoms. The lowest BCUT2D eigenvalue weighted by Crippen LogP contribution is -2.30. The van der Waals surface area contributed by atoms with Crippen molar-refractivity contribution in [2.75, 3.05) is 23.9 Å². The molecule has 0 aromatic carbocycles. The summed E-state index contributed by atoms with van der Waals surface area (Å²) in [5.41, 5.74) is 0. The first-order valence-corrected chi connectivity index (χ1v) is 6.54. The van der Waals surface area contributed by atoms with Gasteiger partial charge in [-0.1, -0.05) is 22.9 Å². The summed E-state index contributed by atoms with van der Waals surface area (Å²) < 4.78 is 5.45. The Bertz CT molecular complexity index is 322. The van der Waals surface area contributed by atoms with Crippen LogP contribution in [0.15, 0.2) is 12.4 Å². The third kappa shape index (κ3) is 3.63. The van der Waals surface area contributed by atoms with E-state index in [1.165, 1.54) is 0 Å². The van der Waals surface area contributed by atoms with Crippen molar-refractivity contribution in [1.29, 1.82) is 0 Å². The second-order valence-electron chi connectivity index (χ2n) is 3.68. The summed E-state index contributed by atoms with van der Waals surface area (Å²) in [6.45, 7) is 4.86. The van der Waals surface area contributed by atoms with Crippen LogP contribution in [0.4, 0.5) is 5.82 Å².